The van der Waals surface area contributed by atoms with Crippen LogP contribution in [0.4, 0.5) is 4.79 Å². The Hall–Kier alpha value is -0.810. The molecule has 0 spiro atoms. The highest BCUT2D eigenvalue weighted by atomic mass is 16.6. The van der Waals surface area contributed by atoms with Crippen LogP contribution in [0.25, 0.3) is 0 Å². The smallest absolute Gasteiger partial charge is 0.408 e. The molecule has 2 N–H and O–H groups in total. The zero-order valence-electron chi connectivity index (χ0n) is 12.9. The van der Waals surface area contributed by atoms with Crippen LogP contribution >= 0.6 is 0 Å². The standard InChI is InChI=1S/C14H27NO4/c1-7-18-10-8-14(9-16,13(10,5)6)15-11(17)19-12(2,3)4/h10,16H,7-9H2,1-6H3,(H,15,17)/t10-,14-/m1/s1. The molecule has 0 aliphatic heterocycles. The first-order valence-electron chi connectivity index (χ1n) is 6.81. The van der Waals surface area contributed by atoms with Crippen molar-refractivity contribution in [2.75, 3.05) is 13.2 Å². The maximum Gasteiger partial charge on any atom is 0.408 e. The van der Waals surface area contributed by atoms with Gasteiger partial charge in [0, 0.05) is 18.4 Å². The van der Waals surface area contributed by atoms with E-state index in [4.69, 9.17) is 9.47 Å². The molecule has 0 aromatic rings. The molecule has 0 saturated heterocycles. The van der Waals surface area contributed by atoms with Crippen molar-refractivity contribution < 1.29 is 19.4 Å². The zero-order chi connectivity index (χ0) is 14.9. The van der Waals surface area contributed by atoms with E-state index in [9.17, 15) is 9.90 Å². The third-order valence-corrected chi connectivity index (χ3v) is 3.95. The number of ether oxygens (including phenoxy) is 2. The molecule has 1 aliphatic rings. The molecule has 19 heavy (non-hydrogen) atoms. The van der Waals surface area contributed by atoms with Gasteiger partial charge in [-0.1, -0.05) is 13.8 Å². The second-order valence-electron chi connectivity index (χ2n) is 6.74. The summed E-state index contributed by atoms with van der Waals surface area (Å²) in [5.74, 6) is 0. The minimum absolute atomic E-state index is 0.0413. The first kappa shape index (κ1) is 16.2. The van der Waals surface area contributed by atoms with E-state index in [1.54, 1.807) is 0 Å². The second kappa shape index (κ2) is 5.29. The number of alkyl carbamates (subject to hydrolysis) is 1. The molecule has 0 bridgehead atoms. The van der Waals surface area contributed by atoms with Gasteiger partial charge in [0.25, 0.3) is 0 Å². The maximum atomic E-state index is 11.9. The van der Waals surface area contributed by atoms with E-state index in [1.807, 2.05) is 41.5 Å². The maximum absolute atomic E-state index is 11.9. The highest BCUT2D eigenvalue weighted by Crippen LogP contribution is 2.51. The quantitative estimate of drug-likeness (QED) is 0.823. The normalized spacial score (nSPS) is 29.5. The summed E-state index contributed by atoms with van der Waals surface area (Å²) in [6, 6.07) is 0. The highest BCUT2D eigenvalue weighted by molar-refractivity contribution is 5.69. The monoisotopic (exact) mass is 273 g/mol. The van der Waals surface area contributed by atoms with E-state index >= 15 is 0 Å². The Balaban J connectivity index is 2.71. The summed E-state index contributed by atoms with van der Waals surface area (Å²) in [5, 5.41) is 12.5. The molecular weight excluding hydrogens is 246 g/mol. The second-order valence-corrected chi connectivity index (χ2v) is 6.74. The number of rotatable bonds is 4. The number of amides is 1. The van der Waals surface area contributed by atoms with E-state index in [0.717, 1.165) is 0 Å². The molecule has 1 saturated carbocycles. The minimum atomic E-state index is -0.671. The molecule has 1 fully saturated rings. The van der Waals surface area contributed by atoms with Crippen molar-refractivity contribution in [1.29, 1.82) is 0 Å². The van der Waals surface area contributed by atoms with Crippen molar-refractivity contribution in [2.24, 2.45) is 5.41 Å². The molecule has 1 amide bonds. The van der Waals surface area contributed by atoms with Crippen molar-refractivity contribution in [2.45, 2.75) is 65.2 Å². The number of hydrogen-bond acceptors (Lipinski definition) is 4. The number of nitrogens with one attached hydrogen (secondary N) is 1. The third kappa shape index (κ3) is 3.20. The van der Waals surface area contributed by atoms with Crippen molar-refractivity contribution in [3.8, 4) is 0 Å². The van der Waals surface area contributed by atoms with Gasteiger partial charge in [-0.3, -0.25) is 0 Å². The molecule has 0 radical (unpaired) electrons. The fourth-order valence-electron chi connectivity index (χ4n) is 2.50. The summed E-state index contributed by atoms with van der Waals surface area (Å²) < 4.78 is 10.9. The summed E-state index contributed by atoms with van der Waals surface area (Å²) in [7, 11) is 0. The van der Waals surface area contributed by atoms with Gasteiger partial charge in [-0.05, 0) is 27.7 Å². The van der Waals surface area contributed by atoms with E-state index in [0.29, 0.717) is 13.0 Å². The summed E-state index contributed by atoms with van der Waals surface area (Å²) in [6.45, 7) is 11.9. The minimum Gasteiger partial charge on any atom is -0.444 e. The van der Waals surface area contributed by atoms with Crippen LogP contribution in [-0.4, -0.2) is 41.7 Å². The number of hydrogen-bond donors (Lipinski definition) is 2. The average molecular weight is 273 g/mol. The van der Waals surface area contributed by atoms with Crippen molar-refractivity contribution in [3.05, 3.63) is 0 Å². The predicted octanol–water partition coefficient (Wildman–Crippen LogP) is 2.08. The Kier molecular flexibility index (Phi) is 4.52. The average Bonchev–Trinajstić information content (AvgIpc) is 2.24. The SMILES string of the molecule is CCO[C@@H]1C[C@](CO)(NC(=O)OC(C)(C)C)C1(C)C. The highest BCUT2D eigenvalue weighted by Gasteiger charge is 2.61. The summed E-state index contributed by atoms with van der Waals surface area (Å²) in [4.78, 5) is 11.9. The Bertz CT molecular complexity index is 335. The molecule has 5 nitrogen and oxygen atoms in total. The lowest BCUT2D eigenvalue weighted by molar-refractivity contribution is -0.175. The van der Waals surface area contributed by atoms with Gasteiger partial charge in [0.05, 0.1) is 18.2 Å². The third-order valence-electron chi connectivity index (χ3n) is 3.95. The van der Waals surface area contributed by atoms with Gasteiger partial charge in [-0.15, -0.1) is 0 Å². The molecule has 2 atom stereocenters. The van der Waals surface area contributed by atoms with E-state index in [-0.39, 0.29) is 18.1 Å². The fraction of sp³-hybridized carbons (Fsp3) is 0.929. The van der Waals surface area contributed by atoms with Gasteiger partial charge in [0.1, 0.15) is 5.60 Å². The molecule has 0 unspecified atom stereocenters. The summed E-state index contributed by atoms with van der Waals surface area (Å²) in [6.07, 6.45) is 0.146. The van der Waals surface area contributed by atoms with Crippen LogP contribution in [0.15, 0.2) is 0 Å². The predicted molar refractivity (Wildman–Crippen MR) is 73.0 cm³/mol. The first-order valence-corrected chi connectivity index (χ1v) is 6.81. The largest absolute Gasteiger partial charge is 0.444 e. The zero-order valence-corrected chi connectivity index (χ0v) is 12.9. The first-order chi connectivity index (χ1) is 8.58. The van der Waals surface area contributed by atoms with Crippen LogP contribution < -0.4 is 5.32 Å². The number of aliphatic hydroxyl groups excluding tert-OH is 1. The Morgan fingerprint density at radius 3 is 2.37 bits per heavy atom. The molecule has 112 valence electrons. The van der Waals surface area contributed by atoms with Gasteiger partial charge in [0.15, 0.2) is 0 Å². The van der Waals surface area contributed by atoms with Gasteiger partial charge < -0.3 is 19.9 Å². The van der Waals surface area contributed by atoms with Crippen LogP contribution in [0.3, 0.4) is 0 Å². The Morgan fingerprint density at radius 1 is 1.42 bits per heavy atom. The molecule has 5 heteroatoms. The van der Waals surface area contributed by atoms with Crippen LogP contribution in [0.1, 0.15) is 48.0 Å². The number of carbonyl (C=O) groups excluding carboxylic acids is 1. The van der Waals surface area contributed by atoms with Gasteiger partial charge >= 0.3 is 6.09 Å². The molecule has 0 heterocycles. The summed E-state index contributed by atoms with van der Waals surface area (Å²) >= 11 is 0. The van der Waals surface area contributed by atoms with Crippen LogP contribution in [0, 0.1) is 5.41 Å². The fourth-order valence-corrected chi connectivity index (χ4v) is 2.50. The number of carbonyl (C=O) groups is 1. The van der Waals surface area contributed by atoms with E-state index in [1.165, 1.54) is 0 Å². The molecule has 0 aromatic heterocycles. The van der Waals surface area contributed by atoms with E-state index < -0.39 is 17.2 Å². The van der Waals surface area contributed by atoms with Crippen molar-refractivity contribution in [1.82, 2.24) is 5.32 Å². The molecule has 1 aliphatic carbocycles. The Labute approximate surface area is 115 Å². The molecule has 1 rings (SSSR count). The molecular formula is C14H27NO4. The van der Waals surface area contributed by atoms with Crippen LogP contribution in [0.5, 0.6) is 0 Å². The lowest BCUT2D eigenvalue weighted by atomic mass is 9.54. The summed E-state index contributed by atoms with van der Waals surface area (Å²) in [5.41, 5.74) is -1.54. The van der Waals surface area contributed by atoms with E-state index in [2.05, 4.69) is 5.32 Å². The van der Waals surface area contributed by atoms with Gasteiger partial charge in [-0.2, -0.15) is 0 Å². The van der Waals surface area contributed by atoms with Crippen molar-refractivity contribution >= 4 is 6.09 Å². The Morgan fingerprint density at radius 2 is 2.00 bits per heavy atom. The van der Waals surface area contributed by atoms with Crippen molar-refractivity contribution in [3.63, 3.8) is 0 Å². The topological polar surface area (TPSA) is 67.8 Å². The lowest BCUT2D eigenvalue weighted by Gasteiger charge is -2.60. The molecule has 0 aromatic carbocycles. The van der Waals surface area contributed by atoms with Crippen LogP contribution in [0.2, 0.25) is 0 Å². The van der Waals surface area contributed by atoms with Crippen LogP contribution in [-0.2, 0) is 9.47 Å². The van der Waals surface area contributed by atoms with Gasteiger partial charge in [-0.25, -0.2) is 4.79 Å². The number of aliphatic hydroxyl groups is 1. The van der Waals surface area contributed by atoms with Gasteiger partial charge in [0.2, 0.25) is 0 Å². The lowest BCUT2D eigenvalue weighted by Crippen LogP contribution is -2.74.